The van der Waals surface area contributed by atoms with Gasteiger partial charge in [0, 0.05) is 24.3 Å². The fraction of sp³-hybridized carbons (Fsp3) is 0.714. The predicted octanol–water partition coefficient (Wildman–Crippen LogP) is -5.90. The fourth-order valence-corrected chi connectivity index (χ4v) is 14.3. The molecule has 90 heavy (non-hydrogen) atoms. The number of carbonyl (C=O) groups is 2. The highest BCUT2D eigenvalue weighted by molar-refractivity contribution is 7.96. The molecule has 6 rings (SSSR count). The molecule has 6 heterocycles. The molecule has 518 valence electrons. The average Bonchev–Trinajstić information content (AvgIpc) is 1.68. The van der Waals surface area contributed by atoms with Crippen molar-refractivity contribution in [2.24, 2.45) is 11.5 Å². The standard InChI is InChI=1S/2C15H22N6O5S.3C4H10O6S2/c2*1-27(3-2-7(16)15(24)25)4-8-10(22)11(23)14(26-8)21-6-20-9-12(17)18-5-19-13(9)21;3*5-11(6,7)3-1-2-4-12(8,9)10/h2*5-8,10-11,14,22-23H,2-4,16H2,1H3,(H2-,17,18,19,24,25);3*1-4H2,(H,5,6,7)(H,8,9,10). The number of nitrogens with zero attached hydrogens (tertiary/aromatic N) is 8. The van der Waals surface area contributed by atoms with Gasteiger partial charge in [0.1, 0.15) is 95.4 Å². The summed E-state index contributed by atoms with van der Waals surface area (Å²) in [6.07, 6.45) is 2.49. The molecule has 4 aromatic rings. The largest absolute Gasteiger partial charge is 0.748 e. The lowest BCUT2D eigenvalue weighted by Gasteiger charge is -2.16. The second kappa shape index (κ2) is 36.2. The van der Waals surface area contributed by atoms with Gasteiger partial charge in [0.2, 0.25) is 0 Å². The van der Waals surface area contributed by atoms with E-state index in [1.165, 1.54) is 34.4 Å². The number of imidazole rings is 2. The smallest absolute Gasteiger partial charge is 0.320 e. The van der Waals surface area contributed by atoms with Crippen LogP contribution in [-0.4, -0.2) is 278 Å². The van der Waals surface area contributed by atoms with E-state index in [0.717, 1.165) is 0 Å². The predicted molar refractivity (Wildman–Crippen MR) is 320 cm³/mol. The second-order valence-electron chi connectivity index (χ2n) is 19.8. The Morgan fingerprint density at radius 3 is 1.04 bits per heavy atom. The lowest BCUT2D eigenvalue weighted by Crippen LogP contribution is -2.37. The van der Waals surface area contributed by atoms with Crippen molar-refractivity contribution in [3.05, 3.63) is 25.3 Å². The van der Waals surface area contributed by atoms with Crippen LogP contribution in [0.3, 0.4) is 0 Å². The molecule has 0 spiro atoms. The zero-order valence-electron chi connectivity index (χ0n) is 47.8. The first kappa shape index (κ1) is 81.6. The number of carboxylic acids is 2. The van der Waals surface area contributed by atoms with E-state index >= 15 is 0 Å². The Bertz CT molecular complexity index is 3250. The van der Waals surface area contributed by atoms with E-state index in [0.29, 0.717) is 58.2 Å². The maximum absolute atomic E-state index is 10.8. The fourth-order valence-electron chi connectivity index (χ4n) is 7.63. The van der Waals surface area contributed by atoms with E-state index < -0.39 is 168 Å². The summed E-state index contributed by atoms with van der Waals surface area (Å²) in [6.45, 7) is 0. The second-order valence-corrected chi connectivity index (χ2v) is 33.8. The summed E-state index contributed by atoms with van der Waals surface area (Å²) >= 11 is 0. The third-order valence-electron chi connectivity index (χ3n) is 12.2. The van der Waals surface area contributed by atoms with Crippen molar-refractivity contribution in [3.8, 4) is 0 Å². The highest BCUT2D eigenvalue weighted by atomic mass is 32.2. The van der Waals surface area contributed by atoms with Crippen LogP contribution in [0.2, 0.25) is 0 Å². The van der Waals surface area contributed by atoms with Gasteiger partial charge in [0.05, 0.1) is 68.4 Å². The van der Waals surface area contributed by atoms with Crippen LogP contribution in [0.5, 0.6) is 0 Å². The molecule has 2 aliphatic heterocycles. The number of aliphatic carboxylic acids is 2. The molecule has 0 amide bonds. The van der Waals surface area contributed by atoms with Crippen molar-refractivity contribution in [2.45, 2.75) is 113 Å². The molecule has 12 unspecified atom stereocenters. The minimum atomic E-state index is -4.29. The first-order valence-corrected chi connectivity index (χ1v) is 39.5. The zero-order chi connectivity index (χ0) is 68.9. The monoisotopic (exact) mass is 1450 g/mol. The van der Waals surface area contributed by atoms with Gasteiger partial charge in [-0.25, -0.2) is 46.7 Å². The molecule has 2 saturated heterocycles. The van der Waals surface area contributed by atoms with E-state index in [2.05, 4.69) is 29.9 Å². The average molecular weight is 1450 g/mol. The first-order chi connectivity index (χ1) is 41.2. The highest BCUT2D eigenvalue weighted by Crippen LogP contribution is 2.34. The van der Waals surface area contributed by atoms with Gasteiger partial charge in [0.25, 0.3) is 40.5 Å². The van der Waals surface area contributed by atoms with Gasteiger partial charge in [-0.15, -0.1) is 0 Å². The van der Waals surface area contributed by atoms with E-state index in [-0.39, 0.29) is 72.0 Å². The van der Waals surface area contributed by atoms with Crippen molar-refractivity contribution in [1.82, 2.24) is 39.0 Å². The highest BCUT2D eigenvalue weighted by Gasteiger charge is 2.48. The quantitative estimate of drug-likeness (QED) is 0.0137. The lowest BCUT2D eigenvalue weighted by atomic mass is 10.1. The number of aromatic nitrogens is 8. The Morgan fingerprint density at radius 2 is 0.789 bits per heavy atom. The van der Waals surface area contributed by atoms with Gasteiger partial charge < -0.3 is 72.2 Å². The number of aliphatic hydroxyl groups is 4. The third-order valence-corrected chi connectivity index (χ3v) is 20.7. The Hall–Kier alpha value is -4.52. The number of hydrogen-bond acceptors (Lipinski definition) is 32. The van der Waals surface area contributed by atoms with E-state index in [4.69, 9.17) is 60.8 Å². The first-order valence-electron chi connectivity index (χ1n) is 25.9. The summed E-state index contributed by atoms with van der Waals surface area (Å²) in [4.78, 5) is 45.9. The maximum Gasteiger partial charge on any atom is 0.320 e. The number of carboxylic acid groups (broad SMARTS) is 2. The lowest BCUT2D eigenvalue weighted by molar-refractivity contribution is -0.139. The Kier molecular flexibility index (Phi) is 32.8. The molecule has 2 fully saturated rings. The van der Waals surface area contributed by atoms with Crippen molar-refractivity contribution in [2.75, 3.05) is 81.5 Å². The van der Waals surface area contributed by atoms with Crippen LogP contribution in [0.4, 0.5) is 11.6 Å². The van der Waals surface area contributed by atoms with Gasteiger partial charge in [0.15, 0.2) is 35.4 Å². The molecule has 0 radical (unpaired) electrons. The number of ether oxygens (including phenoxy) is 2. The summed E-state index contributed by atoms with van der Waals surface area (Å²) in [7, 11) is -25.1. The molecular formula is C42H74N12O28S8. The van der Waals surface area contributed by atoms with Gasteiger partial charge in [-0.1, -0.05) is 0 Å². The van der Waals surface area contributed by atoms with Gasteiger partial charge >= 0.3 is 11.9 Å². The third kappa shape index (κ3) is 31.4. The Labute approximate surface area is 522 Å². The van der Waals surface area contributed by atoms with Crippen LogP contribution in [0.15, 0.2) is 25.3 Å². The normalized spacial score (nSPS) is 21.9. The SMILES string of the molecule is C[S+](CCC(N)C(=O)O)CC1OC(n2cnc3c(N)ncnc32)C(O)C1O.C[S+](CCC(N)C(=O)O)CC1OC(n2cnc3c(N)ncnc32)C(O)C1O.O=S(=O)(O)CCCCS(=O)(=O)O.O=S(=O)(O)CCCCS(=O)(=O)O.O=S(=O)([O-])CCCCS(=O)(=O)[O-]. The molecular weight excluding hydrogens is 1380 g/mol. The van der Waals surface area contributed by atoms with Crippen molar-refractivity contribution in [1.29, 1.82) is 0 Å². The topological polar surface area (TPSA) is 697 Å². The molecule has 18 N–H and O–H groups in total. The molecule has 0 bridgehead atoms. The molecule has 4 aromatic heterocycles. The number of fused-ring (bicyclic) bond motifs is 2. The van der Waals surface area contributed by atoms with Crippen molar-refractivity contribution in [3.63, 3.8) is 0 Å². The summed E-state index contributed by atoms with van der Waals surface area (Å²) in [6, 6.07) is -1.81. The van der Waals surface area contributed by atoms with Crippen molar-refractivity contribution < 1.29 is 128 Å². The molecule has 0 aliphatic carbocycles. The van der Waals surface area contributed by atoms with E-state index in [1.807, 2.05) is 12.5 Å². The zero-order valence-corrected chi connectivity index (χ0v) is 54.3. The van der Waals surface area contributed by atoms with Crippen LogP contribution in [0, 0.1) is 0 Å². The van der Waals surface area contributed by atoms with E-state index in [9.17, 15) is 89.6 Å². The number of rotatable bonds is 29. The summed E-state index contributed by atoms with van der Waals surface area (Å²) < 4.78 is 188. The van der Waals surface area contributed by atoms with Gasteiger partial charge in [-0.05, 0) is 60.3 Å². The molecule has 48 heteroatoms. The number of hydrogen-bond donors (Lipinski definition) is 14. The molecule has 2 aliphatic rings. The molecule has 40 nitrogen and oxygen atoms in total. The van der Waals surface area contributed by atoms with Crippen LogP contribution in [-0.2, 0) is 102 Å². The molecule has 12 atom stereocenters. The molecule has 0 saturated carbocycles. The van der Waals surface area contributed by atoms with Crippen molar-refractivity contribution >= 4 is 128 Å². The minimum Gasteiger partial charge on any atom is -0.748 e. The molecule has 0 aromatic carbocycles. The summed E-state index contributed by atoms with van der Waals surface area (Å²) in [5, 5.41) is 59.4. The van der Waals surface area contributed by atoms with Crippen LogP contribution >= 0.6 is 0 Å². The van der Waals surface area contributed by atoms with Crippen LogP contribution in [0.25, 0.3) is 22.3 Å². The number of nitrogens with two attached hydrogens (primary N) is 4. The summed E-state index contributed by atoms with van der Waals surface area (Å²) in [5.74, 6) is -2.67. The Balaban J connectivity index is 0.000000408. The van der Waals surface area contributed by atoms with Gasteiger partial charge in [-0.2, -0.15) is 33.7 Å². The Morgan fingerprint density at radius 1 is 0.511 bits per heavy atom. The number of aliphatic hydroxyl groups excluding tert-OH is 4. The van der Waals surface area contributed by atoms with E-state index in [1.54, 1.807) is 0 Å². The minimum absolute atomic E-state index is 0.0125. The van der Waals surface area contributed by atoms with Crippen LogP contribution < -0.4 is 22.9 Å². The van der Waals surface area contributed by atoms with Gasteiger partial charge in [-0.3, -0.25) is 36.9 Å². The maximum atomic E-state index is 10.8. The number of anilines is 2. The number of nitrogen functional groups attached to an aromatic ring is 2. The van der Waals surface area contributed by atoms with Crippen LogP contribution in [0.1, 0.15) is 63.8 Å². The summed E-state index contributed by atoms with van der Waals surface area (Å²) in [5.41, 5.74) is 24.2. The number of unbranched alkanes of at least 4 members (excludes halogenated alkanes) is 3.